The van der Waals surface area contributed by atoms with Crippen molar-refractivity contribution in [1.29, 1.82) is 0 Å². The Labute approximate surface area is 180 Å². The number of nitrogens with one attached hydrogen (secondary N) is 2. The Morgan fingerprint density at radius 1 is 1.26 bits per heavy atom. The summed E-state index contributed by atoms with van der Waals surface area (Å²) >= 11 is 1.12. The summed E-state index contributed by atoms with van der Waals surface area (Å²) in [6, 6.07) is 4.03. The summed E-state index contributed by atoms with van der Waals surface area (Å²) in [6.45, 7) is 0.804. The second kappa shape index (κ2) is 11.1. The standard InChI is InChI=1S/C18H19FN6O5S/c19-3-7-30-24-23-16(27)13-2-10-31-17(13)22-15(26)12-1-4-20-14(11-12)21-18(28)25-5-8-29-9-6-25/h1-2,4,10-11H,3,5-9H2,(H,22,26)(H,20,21,28). The maximum Gasteiger partial charge on any atom is 0.323 e. The van der Waals surface area contributed by atoms with Crippen molar-refractivity contribution in [3.05, 3.63) is 40.9 Å². The van der Waals surface area contributed by atoms with Crippen LogP contribution < -0.4 is 10.6 Å². The van der Waals surface area contributed by atoms with E-state index in [9.17, 15) is 18.8 Å². The van der Waals surface area contributed by atoms with Crippen LogP contribution in [0.25, 0.3) is 0 Å². The number of carbonyl (C=O) groups excluding carboxylic acids is 3. The fraction of sp³-hybridized carbons (Fsp3) is 0.333. The topological polar surface area (TPSA) is 135 Å². The van der Waals surface area contributed by atoms with Gasteiger partial charge in [-0.15, -0.1) is 11.3 Å². The highest BCUT2D eigenvalue weighted by Crippen LogP contribution is 2.25. The number of halogens is 1. The molecule has 0 saturated carbocycles. The molecule has 0 aromatic carbocycles. The minimum absolute atomic E-state index is 0.112. The predicted octanol–water partition coefficient (Wildman–Crippen LogP) is 2.75. The third-order valence-electron chi connectivity index (χ3n) is 4.04. The van der Waals surface area contributed by atoms with Gasteiger partial charge in [-0.2, -0.15) is 0 Å². The van der Waals surface area contributed by atoms with E-state index in [1.807, 2.05) is 0 Å². The van der Waals surface area contributed by atoms with Gasteiger partial charge in [-0.1, -0.05) is 5.11 Å². The number of ether oxygens (including phenoxy) is 1. The van der Waals surface area contributed by atoms with Crippen LogP contribution in [0.15, 0.2) is 40.2 Å². The normalized spacial score (nSPS) is 13.8. The molecule has 2 N–H and O–H groups in total. The smallest absolute Gasteiger partial charge is 0.323 e. The number of nitrogens with zero attached hydrogens (tertiary/aromatic N) is 4. The van der Waals surface area contributed by atoms with Crippen molar-refractivity contribution in [3.8, 4) is 0 Å². The second-order valence-corrected chi connectivity index (χ2v) is 7.00. The Balaban J connectivity index is 1.63. The largest absolute Gasteiger partial charge is 0.378 e. The molecule has 4 amide bonds. The predicted molar refractivity (Wildman–Crippen MR) is 109 cm³/mol. The average molecular weight is 450 g/mol. The van der Waals surface area contributed by atoms with Crippen molar-refractivity contribution >= 4 is 40.0 Å². The molecular weight excluding hydrogens is 431 g/mol. The van der Waals surface area contributed by atoms with Crippen molar-refractivity contribution in [3.63, 3.8) is 0 Å². The Kier molecular flexibility index (Phi) is 7.95. The highest BCUT2D eigenvalue weighted by Gasteiger charge is 2.19. The minimum Gasteiger partial charge on any atom is -0.378 e. The Morgan fingerprint density at radius 3 is 2.84 bits per heavy atom. The molecule has 0 aliphatic carbocycles. The SMILES string of the molecule is O=C(Nc1sccc1C(=O)N=NOCCF)c1ccnc(NC(=O)N2CCOCC2)c1. The fourth-order valence-corrected chi connectivity index (χ4v) is 3.31. The van der Waals surface area contributed by atoms with Gasteiger partial charge in [0.1, 0.15) is 24.1 Å². The number of anilines is 2. The molecule has 13 heteroatoms. The molecule has 164 valence electrons. The quantitative estimate of drug-likeness (QED) is 0.378. The number of pyridine rings is 1. The summed E-state index contributed by atoms with van der Waals surface area (Å²) in [5.41, 5.74) is 0.341. The molecule has 2 aromatic rings. The monoisotopic (exact) mass is 450 g/mol. The third-order valence-corrected chi connectivity index (χ3v) is 4.87. The lowest BCUT2D eigenvalue weighted by Crippen LogP contribution is -2.43. The van der Waals surface area contributed by atoms with Crippen LogP contribution in [0, 0.1) is 0 Å². The molecule has 1 fully saturated rings. The van der Waals surface area contributed by atoms with E-state index in [1.165, 1.54) is 24.4 Å². The Hall–Kier alpha value is -3.45. The van der Waals surface area contributed by atoms with Gasteiger partial charge in [-0.05, 0) is 23.6 Å². The van der Waals surface area contributed by atoms with Gasteiger partial charge in [0.2, 0.25) is 0 Å². The van der Waals surface area contributed by atoms with Gasteiger partial charge in [-0.25, -0.2) is 14.2 Å². The van der Waals surface area contributed by atoms with Crippen molar-refractivity contribution in [2.24, 2.45) is 10.4 Å². The van der Waals surface area contributed by atoms with Gasteiger partial charge in [0.05, 0.1) is 18.8 Å². The van der Waals surface area contributed by atoms with E-state index in [1.54, 1.807) is 10.3 Å². The number of morpholine rings is 1. The first-order valence-electron chi connectivity index (χ1n) is 9.20. The first-order valence-corrected chi connectivity index (χ1v) is 10.1. The molecule has 3 rings (SSSR count). The number of carbonyl (C=O) groups is 3. The number of hydrogen-bond donors (Lipinski definition) is 2. The number of rotatable bonds is 7. The second-order valence-electron chi connectivity index (χ2n) is 6.09. The Bertz CT molecular complexity index is 962. The van der Waals surface area contributed by atoms with Crippen LogP contribution in [0.4, 0.5) is 20.0 Å². The zero-order valence-electron chi connectivity index (χ0n) is 16.2. The number of amides is 4. The van der Waals surface area contributed by atoms with Crippen molar-refractivity contribution in [2.75, 3.05) is 50.2 Å². The number of thiophene rings is 1. The molecule has 31 heavy (non-hydrogen) atoms. The molecule has 1 saturated heterocycles. The molecule has 1 aliphatic heterocycles. The molecule has 1 aliphatic rings. The average Bonchev–Trinajstić information content (AvgIpc) is 3.25. The van der Waals surface area contributed by atoms with Crippen LogP contribution in [0.2, 0.25) is 0 Å². The van der Waals surface area contributed by atoms with Crippen molar-refractivity contribution < 1.29 is 28.3 Å². The summed E-state index contributed by atoms with van der Waals surface area (Å²) in [7, 11) is 0. The first kappa shape index (κ1) is 22.2. The Morgan fingerprint density at radius 2 is 2.06 bits per heavy atom. The summed E-state index contributed by atoms with van der Waals surface area (Å²) in [6.07, 6.45) is 1.39. The minimum atomic E-state index is -0.756. The van der Waals surface area contributed by atoms with Crippen LogP contribution in [0.3, 0.4) is 0 Å². The van der Waals surface area contributed by atoms with Crippen LogP contribution >= 0.6 is 11.3 Å². The van der Waals surface area contributed by atoms with E-state index < -0.39 is 18.5 Å². The van der Waals surface area contributed by atoms with Gasteiger partial charge < -0.3 is 19.8 Å². The van der Waals surface area contributed by atoms with Gasteiger partial charge in [0.15, 0.2) is 0 Å². The first-order chi connectivity index (χ1) is 15.1. The number of alkyl halides is 1. The zero-order valence-corrected chi connectivity index (χ0v) is 17.1. The van der Waals surface area contributed by atoms with Gasteiger partial charge in [-0.3, -0.25) is 14.9 Å². The van der Waals surface area contributed by atoms with Crippen LogP contribution in [0.1, 0.15) is 20.7 Å². The molecule has 0 spiro atoms. The fourth-order valence-electron chi connectivity index (χ4n) is 2.54. The molecule has 2 aromatic heterocycles. The van der Waals surface area contributed by atoms with Crippen molar-refractivity contribution in [1.82, 2.24) is 9.88 Å². The van der Waals surface area contributed by atoms with Crippen LogP contribution in [-0.4, -0.2) is 67.3 Å². The van der Waals surface area contributed by atoms with E-state index in [2.05, 4.69) is 30.8 Å². The van der Waals surface area contributed by atoms with Gasteiger partial charge in [0, 0.05) is 30.1 Å². The highest BCUT2D eigenvalue weighted by atomic mass is 32.1. The van der Waals surface area contributed by atoms with E-state index in [0.717, 1.165) is 11.3 Å². The molecule has 11 nitrogen and oxygen atoms in total. The molecule has 0 bridgehead atoms. The van der Waals surface area contributed by atoms with E-state index in [4.69, 9.17) is 4.74 Å². The van der Waals surface area contributed by atoms with E-state index in [-0.39, 0.29) is 34.6 Å². The number of hydrogen-bond acceptors (Lipinski definition) is 8. The molecule has 0 unspecified atom stereocenters. The van der Waals surface area contributed by atoms with E-state index in [0.29, 0.717) is 26.3 Å². The van der Waals surface area contributed by atoms with Crippen LogP contribution in [0.5, 0.6) is 0 Å². The summed E-state index contributed by atoms with van der Waals surface area (Å²) in [5, 5.41) is 13.6. The summed E-state index contributed by atoms with van der Waals surface area (Å²) in [4.78, 5) is 47.1. The highest BCUT2D eigenvalue weighted by molar-refractivity contribution is 7.14. The molecule has 0 atom stereocenters. The number of urea groups is 1. The molecule has 0 radical (unpaired) electrons. The number of aromatic nitrogens is 1. The molecular formula is C18H19FN6O5S. The third kappa shape index (κ3) is 6.26. The summed E-state index contributed by atoms with van der Waals surface area (Å²) < 4.78 is 17.2. The zero-order chi connectivity index (χ0) is 22.1. The lowest BCUT2D eigenvalue weighted by atomic mass is 10.2. The van der Waals surface area contributed by atoms with Crippen LogP contribution in [-0.2, 0) is 9.57 Å². The maximum absolute atomic E-state index is 12.6. The lowest BCUT2D eigenvalue weighted by molar-refractivity contribution is 0.0564. The molecule has 3 heterocycles. The van der Waals surface area contributed by atoms with E-state index >= 15 is 0 Å². The lowest BCUT2D eigenvalue weighted by Gasteiger charge is -2.26. The summed E-state index contributed by atoms with van der Waals surface area (Å²) in [5.74, 6) is -1.04. The van der Waals surface area contributed by atoms with Crippen molar-refractivity contribution in [2.45, 2.75) is 0 Å². The van der Waals surface area contributed by atoms with Gasteiger partial charge >= 0.3 is 11.9 Å². The van der Waals surface area contributed by atoms with Gasteiger partial charge in [0.25, 0.3) is 5.91 Å². The maximum atomic E-state index is 12.6.